The van der Waals surface area contributed by atoms with Crippen LogP contribution in [0.3, 0.4) is 0 Å². The van der Waals surface area contributed by atoms with E-state index in [4.69, 9.17) is 0 Å². The van der Waals surface area contributed by atoms with Crippen LogP contribution in [0.15, 0.2) is 54.6 Å². The van der Waals surface area contributed by atoms with E-state index in [2.05, 4.69) is 62.5 Å². The molecular formula is C28H40N2O2. The van der Waals surface area contributed by atoms with Gasteiger partial charge in [-0.25, -0.2) is 0 Å². The summed E-state index contributed by atoms with van der Waals surface area (Å²) in [5, 5.41) is 3.07. The zero-order chi connectivity index (χ0) is 23.5. The summed E-state index contributed by atoms with van der Waals surface area (Å²) < 4.78 is 0. The molecule has 0 radical (unpaired) electrons. The number of aryl methyl sites for hydroxylation is 1. The summed E-state index contributed by atoms with van der Waals surface area (Å²) in [6.45, 7) is 10.9. The molecule has 2 atom stereocenters. The minimum Gasteiger partial charge on any atom is -0.352 e. The minimum atomic E-state index is -0.441. The molecule has 2 rings (SSSR count). The highest BCUT2D eigenvalue weighted by atomic mass is 16.2. The topological polar surface area (TPSA) is 49.4 Å². The van der Waals surface area contributed by atoms with Crippen LogP contribution in [0.2, 0.25) is 0 Å². The largest absolute Gasteiger partial charge is 0.352 e. The van der Waals surface area contributed by atoms with Crippen LogP contribution in [0.4, 0.5) is 0 Å². The molecule has 0 bridgehead atoms. The normalized spacial score (nSPS) is 12.9. The number of hydrogen-bond donors (Lipinski definition) is 1. The van der Waals surface area contributed by atoms with Crippen LogP contribution >= 0.6 is 0 Å². The fraction of sp³-hybridized carbons (Fsp3) is 0.500. The SMILES string of the molecule is CC[C@@H](C)NC(=O)[C@@H](CC)N(CCc1ccccc1)C(=O)CCc1ccc(C(C)C)cc1. The van der Waals surface area contributed by atoms with Gasteiger partial charge in [0.2, 0.25) is 11.8 Å². The molecule has 0 saturated carbocycles. The summed E-state index contributed by atoms with van der Waals surface area (Å²) in [6.07, 6.45) is 3.30. The molecule has 0 aromatic heterocycles. The first-order valence-electron chi connectivity index (χ1n) is 12.1. The lowest BCUT2D eigenvalue weighted by Crippen LogP contribution is -2.51. The minimum absolute atomic E-state index is 0.0417. The Bertz CT molecular complexity index is 830. The molecule has 174 valence electrons. The predicted octanol–water partition coefficient (Wildman–Crippen LogP) is 5.51. The van der Waals surface area contributed by atoms with Gasteiger partial charge in [0.1, 0.15) is 6.04 Å². The van der Waals surface area contributed by atoms with Gasteiger partial charge in [0, 0.05) is 19.0 Å². The fourth-order valence-electron chi connectivity index (χ4n) is 3.80. The molecule has 2 aromatic carbocycles. The molecule has 0 heterocycles. The van der Waals surface area contributed by atoms with E-state index in [9.17, 15) is 9.59 Å². The summed E-state index contributed by atoms with van der Waals surface area (Å²) in [7, 11) is 0. The monoisotopic (exact) mass is 436 g/mol. The number of nitrogens with one attached hydrogen (secondary N) is 1. The van der Waals surface area contributed by atoms with Crippen molar-refractivity contribution >= 4 is 11.8 Å². The molecule has 0 fully saturated rings. The predicted molar refractivity (Wildman–Crippen MR) is 133 cm³/mol. The maximum atomic E-state index is 13.3. The van der Waals surface area contributed by atoms with Crippen molar-refractivity contribution in [2.75, 3.05) is 6.54 Å². The zero-order valence-corrected chi connectivity index (χ0v) is 20.4. The van der Waals surface area contributed by atoms with Crippen LogP contribution in [0.5, 0.6) is 0 Å². The summed E-state index contributed by atoms with van der Waals surface area (Å²) in [6, 6.07) is 18.3. The van der Waals surface area contributed by atoms with Crippen LogP contribution in [0.1, 0.15) is 76.5 Å². The second kappa shape index (κ2) is 13.0. The molecule has 4 heteroatoms. The fourth-order valence-corrected chi connectivity index (χ4v) is 3.80. The summed E-state index contributed by atoms with van der Waals surface area (Å²) in [4.78, 5) is 28.1. The van der Waals surface area contributed by atoms with Gasteiger partial charge >= 0.3 is 0 Å². The van der Waals surface area contributed by atoms with Crippen molar-refractivity contribution in [2.45, 2.75) is 84.7 Å². The van der Waals surface area contributed by atoms with Crippen LogP contribution in [0.25, 0.3) is 0 Å². The van der Waals surface area contributed by atoms with Gasteiger partial charge in [0.15, 0.2) is 0 Å². The first-order valence-corrected chi connectivity index (χ1v) is 12.1. The molecule has 0 aliphatic heterocycles. The second-order valence-electron chi connectivity index (χ2n) is 8.96. The van der Waals surface area contributed by atoms with E-state index in [1.807, 2.05) is 32.0 Å². The van der Waals surface area contributed by atoms with E-state index in [0.717, 1.165) is 18.4 Å². The van der Waals surface area contributed by atoms with Gasteiger partial charge < -0.3 is 10.2 Å². The van der Waals surface area contributed by atoms with Gasteiger partial charge in [-0.2, -0.15) is 0 Å². The maximum absolute atomic E-state index is 13.3. The van der Waals surface area contributed by atoms with Gasteiger partial charge in [-0.1, -0.05) is 82.3 Å². The quantitative estimate of drug-likeness (QED) is 0.477. The lowest BCUT2D eigenvalue weighted by atomic mass is 10.00. The summed E-state index contributed by atoms with van der Waals surface area (Å²) in [5.74, 6) is 0.484. The van der Waals surface area contributed by atoms with Crippen LogP contribution < -0.4 is 5.32 Å². The Balaban J connectivity index is 2.11. The third kappa shape index (κ3) is 7.81. The number of amides is 2. The van der Waals surface area contributed by atoms with Crippen molar-refractivity contribution in [2.24, 2.45) is 0 Å². The van der Waals surface area contributed by atoms with Crippen molar-refractivity contribution in [1.29, 1.82) is 0 Å². The highest BCUT2D eigenvalue weighted by Crippen LogP contribution is 2.17. The van der Waals surface area contributed by atoms with Gasteiger partial charge in [0.25, 0.3) is 0 Å². The number of hydrogen-bond acceptors (Lipinski definition) is 2. The second-order valence-corrected chi connectivity index (χ2v) is 8.96. The molecule has 0 aliphatic carbocycles. The Hall–Kier alpha value is -2.62. The van der Waals surface area contributed by atoms with Gasteiger partial charge in [0.05, 0.1) is 0 Å². The number of benzene rings is 2. The van der Waals surface area contributed by atoms with E-state index < -0.39 is 6.04 Å². The first-order chi connectivity index (χ1) is 15.3. The number of carbonyl (C=O) groups excluding carboxylic acids is 2. The van der Waals surface area contributed by atoms with E-state index in [1.54, 1.807) is 4.90 Å². The third-order valence-corrected chi connectivity index (χ3v) is 6.15. The van der Waals surface area contributed by atoms with E-state index in [1.165, 1.54) is 11.1 Å². The lowest BCUT2D eigenvalue weighted by Gasteiger charge is -2.31. The first kappa shape index (κ1) is 25.6. The van der Waals surface area contributed by atoms with Crippen molar-refractivity contribution < 1.29 is 9.59 Å². The molecule has 32 heavy (non-hydrogen) atoms. The van der Waals surface area contributed by atoms with Crippen LogP contribution in [0, 0.1) is 0 Å². The van der Waals surface area contributed by atoms with E-state index >= 15 is 0 Å². The standard InChI is InChI=1S/C28H40N2O2/c1-6-22(5)29-28(32)26(7-2)30(20-19-23-11-9-8-10-12-23)27(31)18-15-24-13-16-25(17-14-24)21(3)4/h8-14,16-17,21-22,26H,6-7,15,18-20H2,1-5H3,(H,29,32)/t22-,26-/m1/s1. The third-order valence-electron chi connectivity index (χ3n) is 6.15. The van der Waals surface area contributed by atoms with E-state index in [-0.39, 0.29) is 17.9 Å². The number of carbonyl (C=O) groups is 2. The van der Waals surface area contributed by atoms with Crippen LogP contribution in [-0.4, -0.2) is 35.3 Å². The zero-order valence-electron chi connectivity index (χ0n) is 20.4. The molecule has 0 saturated heterocycles. The Morgan fingerprint density at radius 1 is 0.844 bits per heavy atom. The Kier molecular flexibility index (Phi) is 10.5. The van der Waals surface area contributed by atoms with Crippen molar-refractivity contribution in [3.63, 3.8) is 0 Å². The average Bonchev–Trinajstić information content (AvgIpc) is 2.80. The molecule has 0 spiro atoms. The van der Waals surface area contributed by atoms with Crippen molar-refractivity contribution in [3.8, 4) is 0 Å². The lowest BCUT2D eigenvalue weighted by molar-refractivity contribution is -0.141. The van der Waals surface area contributed by atoms with E-state index in [0.29, 0.717) is 31.7 Å². The Morgan fingerprint density at radius 2 is 1.47 bits per heavy atom. The number of nitrogens with zero attached hydrogens (tertiary/aromatic N) is 1. The number of rotatable bonds is 12. The Labute approximate surface area is 194 Å². The van der Waals surface area contributed by atoms with Crippen molar-refractivity contribution in [1.82, 2.24) is 10.2 Å². The van der Waals surface area contributed by atoms with Gasteiger partial charge in [-0.3, -0.25) is 9.59 Å². The Morgan fingerprint density at radius 3 is 2.03 bits per heavy atom. The molecule has 1 N–H and O–H groups in total. The summed E-state index contributed by atoms with van der Waals surface area (Å²) in [5.41, 5.74) is 3.63. The maximum Gasteiger partial charge on any atom is 0.243 e. The summed E-state index contributed by atoms with van der Waals surface area (Å²) >= 11 is 0. The molecule has 0 aliphatic rings. The van der Waals surface area contributed by atoms with Crippen molar-refractivity contribution in [3.05, 3.63) is 71.3 Å². The molecule has 2 amide bonds. The molecular weight excluding hydrogens is 396 g/mol. The van der Waals surface area contributed by atoms with Gasteiger partial charge in [-0.15, -0.1) is 0 Å². The molecule has 2 aromatic rings. The smallest absolute Gasteiger partial charge is 0.243 e. The molecule has 0 unspecified atom stereocenters. The molecule has 4 nitrogen and oxygen atoms in total. The highest BCUT2D eigenvalue weighted by molar-refractivity contribution is 5.88. The average molecular weight is 437 g/mol. The van der Waals surface area contributed by atoms with Gasteiger partial charge in [-0.05, 0) is 55.2 Å². The highest BCUT2D eigenvalue weighted by Gasteiger charge is 2.28. The van der Waals surface area contributed by atoms with Crippen LogP contribution in [-0.2, 0) is 22.4 Å².